The Labute approximate surface area is 92.3 Å². The molecule has 0 aromatic heterocycles. The molecule has 0 saturated carbocycles. The quantitative estimate of drug-likeness (QED) is 0.767. The van der Waals surface area contributed by atoms with Crippen LogP contribution in [0.2, 0.25) is 0 Å². The number of carbonyl (C=O) groups is 1. The first-order valence-corrected chi connectivity index (χ1v) is 4.71. The number of benzene rings is 1. The zero-order valence-corrected chi connectivity index (χ0v) is 8.65. The molecule has 1 aliphatic rings. The van der Waals surface area contributed by atoms with E-state index in [0.717, 1.165) is 0 Å². The van der Waals surface area contributed by atoms with E-state index >= 15 is 0 Å². The topological polar surface area (TPSA) is 82.3 Å². The van der Waals surface area contributed by atoms with Crippen molar-refractivity contribution in [1.29, 1.82) is 5.26 Å². The van der Waals surface area contributed by atoms with Gasteiger partial charge >= 0.3 is 0 Å². The molecule has 1 amide bonds. The van der Waals surface area contributed by atoms with Crippen LogP contribution < -0.4 is 10.1 Å². The van der Waals surface area contributed by atoms with Crippen molar-refractivity contribution in [2.75, 3.05) is 12.4 Å². The number of ether oxygens (including phenoxy) is 1. The summed E-state index contributed by atoms with van der Waals surface area (Å²) in [6.45, 7) is 0. The monoisotopic (exact) mass is 218 g/mol. The minimum Gasteiger partial charge on any atom is -0.496 e. The molecule has 5 nitrogen and oxygen atoms in total. The number of carbonyl (C=O) groups excluding carboxylic acids is 1. The number of rotatable bonds is 2. The van der Waals surface area contributed by atoms with E-state index in [0.29, 0.717) is 17.0 Å². The predicted molar refractivity (Wildman–Crippen MR) is 55.8 cm³/mol. The Bertz CT molecular complexity index is 492. The van der Waals surface area contributed by atoms with Crippen LogP contribution in [0.15, 0.2) is 18.2 Å². The van der Waals surface area contributed by atoms with Gasteiger partial charge in [0.25, 0.3) is 5.91 Å². The van der Waals surface area contributed by atoms with Gasteiger partial charge in [-0.25, -0.2) is 0 Å². The first kappa shape index (κ1) is 10.5. The molecule has 0 radical (unpaired) electrons. The molecule has 0 bridgehead atoms. The van der Waals surface area contributed by atoms with Gasteiger partial charge in [0.1, 0.15) is 5.75 Å². The number of nitrogens with zero attached hydrogens (tertiary/aromatic N) is 1. The highest BCUT2D eigenvalue weighted by Crippen LogP contribution is 2.43. The standard InChI is InChI=1S/C11H10N2O3/c1-16-8-4-2-3-7-9(8)11(15,5-6-12)10(14)13-7/h2-4,15H,5H2,1H3,(H,13,14)/t11-/m0/s1. The van der Waals surface area contributed by atoms with Gasteiger partial charge < -0.3 is 15.2 Å². The summed E-state index contributed by atoms with van der Waals surface area (Å²) >= 11 is 0. The third-order valence-electron chi connectivity index (χ3n) is 2.62. The summed E-state index contributed by atoms with van der Waals surface area (Å²) < 4.78 is 5.09. The SMILES string of the molecule is COc1cccc2c1[C@@](O)(CC#N)C(=O)N2. The van der Waals surface area contributed by atoms with Crippen molar-refractivity contribution in [3.63, 3.8) is 0 Å². The van der Waals surface area contributed by atoms with Crippen molar-refractivity contribution in [2.45, 2.75) is 12.0 Å². The van der Waals surface area contributed by atoms with Crippen molar-refractivity contribution in [3.05, 3.63) is 23.8 Å². The van der Waals surface area contributed by atoms with Crippen LogP contribution in [-0.4, -0.2) is 18.1 Å². The highest BCUT2D eigenvalue weighted by atomic mass is 16.5. The Morgan fingerprint density at radius 1 is 1.62 bits per heavy atom. The van der Waals surface area contributed by atoms with Crippen LogP contribution in [0.3, 0.4) is 0 Å². The van der Waals surface area contributed by atoms with Crippen molar-refractivity contribution in [2.24, 2.45) is 0 Å². The Morgan fingerprint density at radius 3 is 3.00 bits per heavy atom. The second kappa shape index (κ2) is 3.51. The van der Waals surface area contributed by atoms with Crippen LogP contribution in [-0.2, 0) is 10.4 Å². The predicted octanol–water partition coefficient (Wildman–Crippen LogP) is 0.749. The van der Waals surface area contributed by atoms with Crippen LogP contribution in [0.5, 0.6) is 5.75 Å². The van der Waals surface area contributed by atoms with E-state index in [2.05, 4.69) is 5.32 Å². The van der Waals surface area contributed by atoms with Crippen LogP contribution >= 0.6 is 0 Å². The lowest BCUT2D eigenvalue weighted by atomic mass is 9.91. The molecule has 2 N–H and O–H groups in total. The molecule has 1 aromatic carbocycles. The van der Waals surface area contributed by atoms with Gasteiger partial charge in [-0.2, -0.15) is 5.26 Å². The fraction of sp³-hybridized carbons (Fsp3) is 0.273. The van der Waals surface area contributed by atoms with Gasteiger partial charge in [0.05, 0.1) is 30.9 Å². The number of anilines is 1. The maximum absolute atomic E-state index is 11.6. The second-order valence-electron chi connectivity index (χ2n) is 3.53. The van der Waals surface area contributed by atoms with Crippen molar-refractivity contribution < 1.29 is 14.6 Å². The number of nitriles is 1. The number of methoxy groups -OCH3 is 1. The van der Waals surface area contributed by atoms with Gasteiger partial charge in [-0.1, -0.05) is 6.07 Å². The smallest absolute Gasteiger partial charge is 0.262 e. The average Bonchev–Trinajstić information content (AvgIpc) is 2.52. The molecular weight excluding hydrogens is 208 g/mol. The fourth-order valence-electron chi connectivity index (χ4n) is 1.85. The molecule has 0 spiro atoms. The molecule has 16 heavy (non-hydrogen) atoms. The summed E-state index contributed by atoms with van der Waals surface area (Å²) in [7, 11) is 1.45. The first-order valence-electron chi connectivity index (χ1n) is 4.71. The number of nitrogens with one attached hydrogen (secondary N) is 1. The first-order chi connectivity index (χ1) is 7.63. The third-order valence-corrected chi connectivity index (χ3v) is 2.62. The van der Waals surface area contributed by atoms with E-state index in [9.17, 15) is 9.90 Å². The summed E-state index contributed by atoms with van der Waals surface area (Å²) in [4.78, 5) is 11.6. The van der Waals surface area contributed by atoms with Gasteiger partial charge in [0.15, 0.2) is 5.60 Å². The van der Waals surface area contributed by atoms with E-state index < -0.39 is 11.5 Å². The number of hydrogen-bond acceptors (Lipinski definition) is 4. The molecule has 1 heterocycles. The summed E-state index contributed by atoms with van der Waals surface area (Å²) in [5.74, 6) is -0.192. The van der Waals surface area contributed by atoms with Gasteiger partial charge in [0, 0.05) is 0 Å². The van der Waals surface area contributed by atoms with Gasteiger partial charge in [-0.15, -0.1) is 0 Å². The Morgan fingerprint density at radius 2 is 2.38 bits per heavy atom. The zero-order valence-electron chi connectivity index (χ0n) is 8.65. The molecule has 1 aliphatic heterocycles. The van der Waals surface area contributed by atoms with E-state index in [-0.39, 0.29) is 6.42 Å². The van der Waals surface area contributed by atoms with Crippen molar-refractivity contribution in [3.8, 4) is 11.8 Å². The molecule has 0 unspecified atom stereocenters. The number of amides is 1. The van der Waals surface area contributed by atoms with Crippen LogP contribution in [0.4, 0.5) is 5.69 Å². The summed E-state index contributed by atoms with van der Waals surface area (Å²) in [6, 6.07) is 6.81. The maximum Gasteiger partial charge on any atom is 0.262 e. The summed E-state index contributed by atoms with van der Waals surface area (Å²) in [5, 5.41) is 21.4. The summed E-state index contributed by atoms with van der Waals surface area (Å²) in [6.07, 6.45) is -0.299. The molecule has 1 aromatic rings. The zero-order chi connectivity index (χ0) is 11.8. The van der Waals surface area contributed by atoms with Crippen LogP contribution in [0.25, 0.3) is 0 Å². The Balaban J connectivity index is 2.63. The lowest BCUT2D eigenvalue weighted by molar-refractivity contribution is -0.133. The van der Waals surface area contributed by atoms with Crippen molar-refractivity contribution in [1.82, 2.24) is 0 Å². The average molecular weight is 218 g/mol. The van der Waals surface area contributed by atoms with Crippen LogP contribution in [0, 0.1) is 11.3 Å². The minimum absolute atomic E-state index is 0.299. The highest BCUT2D eigenvalue weighted by Gasteiger charge is 2.47. The summed E-state index contributed by atoms with van der Waals surface area (Å²) in [5.41, 5.74) is -0.984. The second-order valence-corrected chi connectivity index (χ2v) is 3.53. The maximum atomic E-state index is 11.6. The Kier molecular flexibility index (Phi) is 2.29. The molecule has 82 valence electrons. The van der Waals surface area contributed by atoms with Gasteiger partial charge in [-0.3, -0.25) is 4.79 Å². The molecule has 1 atom stereocenters. The number of hydrogen-bond donors (Lipinski definition) is 2. The lowest BCUT2D eigenvalue weighted by Gasteiger charge is -2.18. The largest absolute Gasteiger partial charge is 0.496 e. The van der Waals surface area contributed by atoms with E-state index in [1.807, 2.05) is 0 Å². The van der Waals surface area contributed by atoms with E-state index in [4.69, 9.17) is 10.00 Å². The minimum atomic E-state index is -1.81. The number of fused-ring (bicyclic) bond motifs is 1. The van der Waals surface area contributed by atoms with E-state index in [1.54, 1.807) is 24.3 Å². The number of aliphatic hydroxyl groups is 1. The molecular formula is C11H10N2O3. The molecule has 0 aliphatic carbocycles. The lowest BCUT2D eigenvalue weighted by Crippen LogP contribution is -2.33. The molecule has 2 rings (SSSR count). The fourth-order valence-corrected chi connectivity index (χ4v) is 1.85. The molecule has 0 fully saturated rings. The van der Waals surface area contributed by atoms with Gasteiger partial charge in [-0.05, 0) is 12.1 Å². The Hall–Kier alpha value is -2.06. The normalized spacial score (nSPS) is 22.2. The highest BCUT2D eigenvalue weighted by molar-refractivity contribution is 6.06. The van der Waals surface area contributed by atoms with Crippen molar-refractivity contribution >= 4 is 11.6 Å². The third kappa shape index (κ3) is 1.24. The molecule has 5 heteroatoms. The molecule has 0 saturated heterocycles. The van der Waals surface area contributed by atoms with Crippen LogP contribution in [0.1, 0.15) is 12.0 Å². The van der Waals surface area contributed by atoms with E-state index in [1.165, 1.54) is 7.11 Å². The van der Waals surface area contributed by atoms with Gasteiger partial charge in [0.2, 0.25) is 0 Å².